The number of anilines is 1. The Morgan fingerprint density at radius 2 is 2.31 bits per heavy atom. The lowest BCUT2D eigenvalue weighted by atomic mass is 10.3. The van der Waals surface area contributed by atoms with Crippen LogP contribution < -0.4 is 10.1 Å². The van der Waals surface area contributed by atoms with E-state index in [1.165, 1.54) is 0 Å². The van der Waals surface area contributed by atoms with E-state index in [1.807, 2.05) is 6.92 Å². The van der Waals surface area contributed by atoms with Gasteiger partial charge in [-0.2, -0.15) is 0 Å². The predicted molar refractivity (Wildman–Crippen MR) is 69.6 cm³/mol. The zero-order valence-electron chi connectivity index (χ0n) is 9.09. The standard InChI is InChI=1S/C11H13BrClNO2/c1-3-16-10-5-4-8(13)6-9(10)14-11(15)7(2)12/h4-7H,3H2,1-2H3,(H,14,15). The molecule has 3 nitrogen and oxygen atoms in total. The van der Waals surface area contributed by atoms with Crippen LogP contribution in [0.4, 0.5) is 5.69 Å². The van der Waals surface area contributed by atoms with Crippen molar-refractivity contribution in [3.63, 3.8) is 0 Å². The van der Waals surface area contributed by atoms with E-state index in [-0.39, 0.29) is 10.7 Å². The van der Waals surface area contributed by atoms with Crippen LogP contribution in [0.25, 0.3) is 0 Å². The van der Waals surface area contributed by atoms with Gasteiger partial charge in [0.05, 0.1) is 17.1 Å². The summed E-state index contributed by atoms with van der Waals surface area (Å²) in [5.41, 5.74) is 0.589. The van der Waals surface area contributed by atoms with E-state index in [4.69, 9.17) is 16.3 Å². The van der Waals surface area contributed by atoms with Crippen LogP contribution in [0.15, 0.2) is 18.2 Å². The van der Waals surface area contributed by atoms with Crippen molar-refractivity contribution in [1.82, 2.24) is 0 Å². The molecule has 1 rings (SSSR count). The maximum absolute atomic E-state index is 11.5. The number of hydrogen-bond acceptors (Lipinski definition) is 2. The van der Waals surface area contributed by atoms with Crippen molar-refractivity contribution in [3.05, 3.63) is 23.2 Å². The molecule has 5 heteroatoms. The molecule has 1 atom stereocenters. The molecule has 0 aromatic heterocycles. The Morgan fingerprint density at radius 3 is 2.88 bits per heavy atom. The van der Waals surface area contributed by atoms with Gasteiger partial charge in [0.2, 0.25) is 5.91 Å². The summed E-state index contributed by atoms with van der Waals surface area (Å²) in [7, 11) is 0. The van der Waals surface area contributed by atoms with Crippen LogP contribution in [0.3, 0.4) is 0 Å². The summed E-state index contributed by atoms with van der Waals surface area (Å²) in [6, 6.07) is 5.12. The van der Waals surface area contributed by atoms with Gasteiger partial charge in [-0.3, -0.25) is 4.79 Å². The normalized spacial score (nSPS) is 12.0. The Hall–Kier alpha value is -0.740. The van der Waals surface area contributed by atoms with Gasteiger partial charge in [0.15, 0.2) is 0 Å². The van der Waals surface area contributed by atoms with E-state index < -0.39 is 0 Å². The van der Waals surface area contributed by atoms with Gasteiger partial charge in [-0.25, -0.2) is 0 Å². The van der Waals surface area contributed by atoms with Crippen molar-refractivity contribution in [2.45, 2.75) is 18.7 Å². The third-order valence-electron chi connectivity index (χ3n) is 1.86. The predicted octanol–water partition coefficient (Wildman–Crippen LogP) is 3.46. The Balaban J connectivity index is 2.91. The molecule has 0 aliphatic heterocycles. The number of carbonyl (C=O) groups excluding carboxylic acids is 1. The second kappa shape index (κ2) is 6.11. The van der Waals surface area contributed by atoms with E-state index in [0.29, 0.717) is 23.1 Å². The van der Waals surface area contributed by atoms with Gasteiger partial charge in [0.25, 0.3) is 0 Å². The molecule has 0 radical (unpaired) electrons. The van der Waals surface area contributed by atoms with E-state index >= 15 is 0 Å². The maximum Gasteiger partial charge on any atom is 0.237 e. The fraction of sp³-hybridized carbons (Fsp3) is 0.364. The van der Waals surface area contributed by atoms with Crippen LogP contribution in [-0.4, -0.2) is 17.3 Å². The van der Waals surface area contributed by atoms with Gasteiger partial charge < -0.3 is 10.1 Å². The summed E-state index contributed by atoms with van der Waals surface area (Å²) in [5.74, 6) is 0.483. The number of benzene rings is 1. The van der Waals surface area contributed by atoms with Gasteiger partial charge in [0, 0.05) is 5.02 Å². The van der Waals surface area contributed by atoms with Crippen LogP contribution >= 0.6 is 27.5 Å². The first-order chi connectivity index (χ1) is 7.54. The summed E-state index contributed by atoms with van der Waals surface area (Å²) in [6.07, 6.45) is 0. The first-order valence-electron chi connectivity index (χ1n) is 4.92. The van der Waals surface area contributed by atoms with E-state index in [2.05, 4.69) is 21.2 Å². The maximum atomic E-state index is 11.5. The first-order valence-corrected chi connectivity index (χ1v) is 6.21. The summed E-state index contributed by atoms with van der Waals surface area (Å²) in [5, 5.41) is 3.30. The molecule has 0 aliphatic carbocycles. The number of ether oxygens (including phenoxy) is 1. The highest BCUT2D eigenvalue weighted by atomic mass is 79.9. The number of amides is 1. The van der Waals surface area contributed by atoms with Crippen molar-refractivity contribution >= 4 is 39.1 Å². The van der Waals surface area contributed by atoms with Crippen LogP contribution in [0.2, 0.25) is 5.02 Å². The molecule has 0 heterocycles. The molecule has 0 saturated carbocycles. The van der Waals surface area contributed by atoms with Crippen molar-refractivity contribution in [2.75, 3.05) is 11.9 Å². The van der Waals surface area contributed by atoms with E-state index in [0.717, 1.165) is 0 Å². The Bertz CT molecular complexity index is 382. The zero-order chi connectivity index (χ0) is 12.1. The average molecular weight is 307 g/mol. The molecule has 0 aliphatic rings. The summed E-state index contributed by atoms with van der Waals surface area (Å²) < 4.78 is 5.38. The summed E-state index contributed by atoms with van der Waals surface area (Å²) >= 11 is 9.05. The molecule has 0 spiro atoms. The second-order valence-electron chi connectivity index (χ2n) is 3.18. The summed E-state index contributed by atoms with van der Waals surface area (Å²) in [6.45, 7) is 4.17. The lowest BCUT2D eigenvalue weighted by Gasteiger charge is -2.12. The minimum absolute atomic E-state index is 0.136. The first kappa shape index (κ1) is 13.3. The monoisotopic (exact) mass is 305 g/mol. The quantitative estimate of drug-likeness (QED) is 0.865. The van der Waals surface area contributed by atoms with Crippen molar-refractivity contribution < 1.29 is 9.53 Å². The molecule has 0 saturated heterocycles. The van der Waals surface area contributed by atoms with Crippen LogP contribution in [-0.2, 0) is 4.79 Å². The third kappa shape index (κ3) is 3.68. The lowest BCUT2D eigenvalue weighted by Crippen LogP contribution is -2.20. The Morgan fingerprint density at radius 1 is 1.62 bits per heavy atom. The number of alkyl halides is 1. The lowest BCUT2D eigenvalue weighted by molar-refractivity contribution is -0.115. The molecule has 0 fully saturated rings. The van der Waals surface area contributed by atoms with Crippen molar-refractivity contribution in [3.8, 4) is 5.75 Å². The third-order valence-corrected chi connectivity index (χ3v) is 2.51. The van der Waals surface area contributed by atoms with Gasteiger partial charge >= 0.3 is 0 Å². The molecule has 1 aromatic rings. The second-order valence-corrected chi connectivity index (χ2v) is 4.99. The summed E-state index contributed by atoms with van der Waals surface area (Å²) in [4.78, 5) is 11.3. The number of halogens is 2. The molecular weight excluding hydrogens is 293 g/mol. The molecule has 1 amide bonds. The molecule has 0 bridgehead atoms. The minimum atomic E-state index is -0.263. The average Bonchev–Trinajstić information content (AvgIpc) is 2.22. The zero-order valence-corrected chi connectivity index (χ0v) is 11.4. The molecule has 1 N–H and O–H groups in total. The van der Waals surface area contributed by atoms with Crippen molar-refractivity contribution in [1.29, 1.82) is 0 Å². The molecule has 1 aromatic carbocycles. The van der Waals surface area contributed by atoms with Gasteiger partial charge in [0.1, 0.15) is 5.75 Å². The van der Waals surface area contributed by atoms with Crippen LogP contribution in [0, 0.1) is 0 Å². The van der Waals surface area contributed by atoms with E-state index in [9.17, 15) is 4.79 Å². The number of carbonyl (C=O) groups is 1. The van der Waals surface area contributed by atoms with Gasteiger partial charge in [-0.05, 0) is 32.0 Å². The highest BCUT2D eigenvalue weighted by Crippen LogP contribution is 2.28. The molecule has 16 heavy (non-hydrogen) atoms. The Labute approximate surface area is 108 Å². The minimum Gasteiger partial charge on any atom is -0.492 e. The molecule has 88 valence electrons. The molecule has 1 unspecified atom stereocenters. The van der Waals surface area contributed by atoms with Crippen molar-refractivity contribution in [2.24, 2.45) is 0 Å². The SMILES string of the molecule is CCOc1ccc(Cl)cc1NC(=O)C(C)Br. The smallest absolute Gasteiger partial charge is 0.237 e. The number of nitrogens with one attached hydrogen (secondary N) is 1. The topological polar surface area (TPSA) is 38.3 Å². The van der Waals surface area contributed by atoms with Crippen LogP contribution in [0.5, 0.6) is 5.75 Å². The van der Waals surface area contributed by atoms with E-state index in [1.54, 1.807) is 25.1 Å². The van der Waals surface area contributed by atoms with Gasteiger partial charge in [-0.1, -0.05) is 27.5 Å². The Kier molecular flexibility index (Phi) is 5.09. The van der Waals surface area contributed by atoms with Gasteiger partial charge in [-0.15, -0.1) is 0 Å². The van der Waals surface area contributed by atoms with Crippen LogP contribution in [0.1, 0.15) is 13.8 Å². The fourth-order valence-electron chi connectivity index (χ4n) is 1.11. The number of hydrogen-bond donors (Lipinski definition) is 1. The largest absolute Gasteiger partial charge is 0.492 e. The number of rotatable bonds is 4. The fourth-order valence-corrected chi connectivity index (χ4v) is 1.40. The molecular formula is C11H13BrClNO2. The highest BCUT2D eigenvalue weighted by Gasteiger charge is 2.12. The highest BCUT2D eigenvalue weighted by molar-refractivity contribution is 9.10.